The number of nitrogens with zero attached hydrogens (tertiary/aromatic N) is 5. The number of fused-ring (bicyclic) bond motifs is 1. The van der Waals surface area contributed by atoms with Crippen LogP contribution in [0.15, 0.2) is 61.1 Å². The van der Waals surface area contributed by atoms with Crippen LogP contribution in [-0.4, -0.2) is 57.9 Å². The Bertz CT molecular complexity index is 1530. The number of sulfonamides is 1. The number of hydrogen-bond acceptors (Lipinski definition) is 8. The van der Waals surface area contributed by atoms with Crippen LogP contribution in [-0.2, 0) is 21.4 Å². The molecule has 0 radical (unpaired) electrons. The second kappa shape index (κ2) is 9.55. The third kappa shape index (κ3) is 5.61. The number of pyridine rings is 1. The standard InChI is InChI=1S/C24H27N7O4S/c1-24(2,33)22(32)27-18-8-5-9-19(13-18)28-23-26-14-16-10-12-31(21(16)29-23)15-17-7-6-11-25-20(17)30(3)36(4,34)35/h5-14,33H,15H2,1-4H3,(H,27,32)(H,26,28,29). The maximum Gasteiger partial charge on any atom is 0.255 e. The summed E-state index contributed by atoms with van der Waals surface area (Å²) in [6, 6.07) is 12.4. The molecule has 0 spiro atoms. The minimum atomic E-state index is -3.47. The number of rotatable bonds is 8. The first kappa shape index (κ1) is 25.1. The van der Waals surface area contributed by atoms with E-state index in [0.29, 0.717) is 40.9 Å². The Kier molecular flexibility index (Phi) is 6.65. The van der Waals surface area contributed by atoms with Gasteiger partial charge in [0, 0.05) is 48.0 Å². The van der Waals surface area contributed by atoms with Gasteiger partial charge < -0.3 is 20.3 Å². The van der Waals surface area contributed by atoms with E-state index in [1.807, 2.05) is 22.9 Å². The highest BCUT2D eigenvalue weighted by Crippen LogP contribution is 2.24. The quantitative estimate of drug-likeness (QED) is 0.329. The summed E-state index contributed by atoms with van der Waals surface area (Å²) >= 11 is 0. The third-order valence-electron chi connectivity index (χ3n) is 5.44. The van der Waals surface area contributed by atoms with Gasteiger partial charge >= 0.3 is 0 Å². The number of carbonyl (C=O) groups excluding carboxylic acids is 1. The zero-order chi connectivity index (χ0) is 26.1. The van der Waals surface area contributed by atoms with Crippen LogP contribution in [0.25, 0.3) is 11.0 Å². The molecule has 0 unspecified atom stereocenters. The van der Waals surface area contributed by atoms with E-state index in [1.54, 1.807) is 42.7 Å². The molecule has 0 aliphatic carbocycles. The van der Waals surface area contributed by atoms with Crippen LogP contribution >= 0.6 is 0 Å². The minimum absolute atomic E-state index is 0.341. The first-order chi connectivity index (χ1) is 16.9. The summed E-state index contributed by atoms with van der Waals surface area (Å²) in [7, 11) is -2.01. The van der Waals surface area contributed by atoms with E-state index in [-0.39, 0.29) is 0 Å². The minimum Gasteiger partial charge on any atom is -0.381 e. The topological polar surface area (TPSA) is 142 Å². The summed E-state index contributed by atoms with van der Waals surface area (Å²) in [5.41, 5.74) is 1.01. The highest BCUT2D eigenvalue weighted by Gasteiger charge is 2.23. The zero-order valence-corrected chi connectivity index (χ0v) is 21.1. The summed E-state index contributed by atoms with van der Waals surface area (Å²) in [6.07, 6.45) is 6.23. The predicted octanol–water partition coefficient (Wildman–Crippen LogP) is 2.72. The number of aliphatic hydroxyl groups is 1. The van der Waals surface area contributed by atoms with Crippen LogP contribution in [0.4, 0.5) is 23.1 Å². The first-order valence-electron chi connectivity index (χ1n) is 11.0. The van der Waals surface area contributed by atoms with E-state index in [2.05, 4.69) is 25.6 Å². The number of amides is 1. The van der Waals surface area contributed by atoms with Crippen molar-refractivity contribution in [2.24, 2.45) is 0 Å². The van der Waals surface area contributed by atoms with Crippen LogP contribution in [0, 0.1) is 0 Å². The molecule has 0 saturated carbocycles. The zero-order valence-electron chi connectivity index (χ0n) is 20.3. The molecule has 0 aliphatic rings. The van der Waals surface area contributed by atoms with Gasteiger partial charge in [-0.1, -0.05) is 12.1 Å². The van der Waals surface area contributed by atoms with Crippen LogP contribution < -0.4 is 14.9 Å². The Labute approximate surface area is 208 Å². The Morgan fingerprint density at radius 3 is 2.61 bits per heavy atom. The molecule has 1 amide bonds. The van der Waals surface area contributed by atoms with E-state index >= 15 is 0 Å². The highest BCUT2D eigenvalue weighted by molar-refractivity contribution is 7.92. The van der Waals surface area contributed by atoms with E-state index in [4.69, 9.17) is 0 Å². The number of aromatic nitrogens is 4. The monoisotopic (exact) mass is 509 g/mol. The van der Waals surface area contributed by atoms with Crippen molar-refractivity contribution in [1.82, 2.24) is 19.5 Å². The van der Waals surface area contributed by atoms with Gasteiger partial charge in [0.05, 0.1) is 12.8 Å². The summed E-state index contributed by atoms with van der Waals surface area (Å²) in [5.74, 6) is 0.165. The van der Waals surface area contributed by atoms with Crippen molar-refractivity contribution in [3.63, 3.8) is 0 Å². The molecule has 4 aromatic rings. The predicted molar refractivity (Wildman–Crippen MR) is 139 cm³/mol. The lowest BCUT2D eigenvalue weighted by Crippen LogP contribution is -2.36. The Morgan fingerprint density at radius 2 is 1.89 bits per heavy atom. The van der Waals surface area contributed by atoms with Gasteiger partial charge in [0.25, 0.3) is 5.91 Å². The Hall–Kier alpha value is -4.03. The number of hydrogen-bond donors (Lipinski definition) is 3. The van der Waals surface area contributed by atoms with Gasteiger partial charge in [-0.2, -0.15) is 4.98 Å². The van der Waals surface area contributed by atoms with Crippen molar-refractivity contribution in [2.45, 2.75) is 26.0 Å². The smallest absolute Gasteiger partial charge is 0.255 e. The van der Waals surface area contributed by atoms with Gasteiger partial charge in [0.15, 0.2) is 0 Å². The molecule has 188 valence electrons. The number of benzene rings is 1. The molecule has 3 heterocycles. The molecular formula is C24H27N7O4S. The second-order valence-corrected chi connectivity index (χ2v) is 10.9. The first-order valence-corrected chi connectivity index (χ1v) is 12.9. The normalized spacial score (nSPS) is 11.9. The second-order valence-electron chi connectivity index (χ2n) is 8.85. The van der Waals surface area contributed by atoms with Crippen LogP contribution in [0.1, 0.15) is 19.4 Å². The van der Waals surface area contributed by atoms with Crippen molar-refractivity contribution in [3.05, 3.63) is 66.6 Å². The number of anilines is 4. The molecule has 0 aliphatic heterocycles. The van der Waals surface area contributed by atoms with E-state index < -0.39 is 21.5 Å². The van der Waals surface area contributed by atoms with Crippen LogP contribution in [0.5, 0.6) is 0 Å². The van der Waals surface area contributed by atoms with Crippen LogP contribution in [0.3, 0.4) is 0 Å². The molecule has 0 bridgehead atoms. The van der Waals surface area contributed by atoms with Gasteiger partial charge in [-0.05, 0) is 44.2 Å². The average Bonchev–Trinajstić information content (AvgIpc) is 3.20. The van der Waals surface area contributed by atoms with Gasteiger partial charge in [-0.25, -0.2) is 18.4 Å². The average molecular weight is 510 g/mol. The molecule has 11 nitrogen and oxygen atoms in total. The summed E-state index contributed by atoms with van der Waals surface area (Å²) < 4.78 is 27.2. The molecule has 36 heavy (non-hydrogen) atoms. The van der Waals surface area contributed by atoms with Gasteiger partial charge in [0.2, 0.25) is 16.0 Å². The van der Waals surface area contributed by atoms with E-state index in [9.17, 15) is 18.3 Å². The van der Waals surface area contributed by atoms with Gasteiger partial charge in [-0.3, -0.25) is 9.10 Å². The summed E-state index contributed by atoms with van der Waals surface area (Å²) in [6.45, 7) is 3.17. The molecule has 0 saturated heterocycles. The molecule has 3 N–H and O–H groups in total. The third-order valence-corrected chi connectivity index (χ3v) is 6.61. The lowest BCUT2D eigenvalue weighted by Gasteiger charge is -2.19. The molecular weight excluding hydrogens is 482 g/mol. The summed E-state index contributed by atoms with van der Waals surface area (Å²) in [4.78, 5) is 25.4. The fourth-order valence-corrected chi connectivity index (χ4v) is 3.90. The maximum atomic E-state index is 12.1. The molecule has 12 heteroatoms. The lowest BCUT2D eigenvalue weighted by molar-refractivity contribution is -0.130. The Balaban J connectivity index is 1.59. The lowest BCUT2D eigenvalue weighted by atomic mass is 10.1. The van der Waals surface area contributed by atoms with E-state index in [0.717, 1.165) is 15.9 Å². The maximum absolute atomic E-state index is 12.1. The fourth-order valence-electron chi connectivity index (χ4n) is 3.42. The van der Waals surface area contributed by atoms with Crippen molar-refractivity contribution < 1.29 is 18.3 Å². The van der Waals surface area contributed by atoms with Crippen molar-refractivity contribution in [3.8, 4) is 0 Å². The van der Waals surface area contributed by atoms with E-state index in [1.165, 1.54) is 20.9 Å². The number of nitrogens with one attached hydrogen (secondary N) is 2. The molecule has 4 rings (SSSR count). The Morgan fingerprint density at radius 1 is 1.14 bits per heavy atom. The SMILES string of the molecule is CN(c1ncccc1Cn1ccc2cnc(Nc3cccc(NC(=O)C(C)(C)O)c3)nc21)S(C)(=O)=O. The molecule has 1 aromatic carbocycles. The number of carbonyl (C=O) groups is 1. The fraction of sp³-hybridized carbons (Fsp3) is 0.250. The van der Waals surface area contributed by atoms with Crippen molar-refractivity contribution >= 4 is 50.1 Å². The largest absolute Gasteiger partial charge is 0.381 e. The van der Waals surface area contributed by atoms with Crippen molar-refractivity contribution in [2.75, 3.05) is 28.2 Å². The van der Waals surface area contributed by atoms with Gasteiger partial charge in [0.1, 0.15) is 17.1 Å². The van der Waals surface area contributed by atoms with Gasteiger partial charge in [-0.15, -0.1) is 0 Å². The summed E-state index contributed by atoms with van der Waals surface area (Å²) in [5, 5.41) is 16.5. The van der Waals surface area contributed by atoms with Crippen molar-refractivity contribution in [1.29, 1.82) is 0 Å². The highest BCUT2D eigenvalue weighted by atomic mass is 32.2. The molecule has 0 fully saturated rings. The molecule has 3 aromatic heterocycles. The molecule has 0 atom stereocenters. The van der Waals surface area contributed by atoms with Crippen LogP contribution in [0.2, 0.25) is 0 Å².